The van der Waals surface area contributed by atoms with Crippen molar-refractivity contribution in [3.05, 3.63) is 6.33 Å². The summed E-state index contributed by atoms with van der Waals surface area (Å²) in [5.41, 5.74) is 0. The van der Waals surface area contributed by atoms with Crippen molar-refractivity contribution in [1.82, 2.24) is 9.36 Å². The second-order valence-electron chi connectivity index (χ2n) is 3.19. The summed E-state index contributed by atoms with van der Waals surface area (Å²) in [5.74, 6) is 0. The van der Waals surface area contributed by atoms with Gasteiger partial charge in [-0.3, -0.25) is 0 Å². The first-order chi connectivity index (χ1) is 6.76. The number of anilines is 1. The van der Waals surface area contributed by atoms with Crippen LogP contribution in [0.15, 0.2) is 6.33 Å². The molecule has 1 aromatic rings. The maximum atomic E-state index is 4.11. The van der Waals surface area contributed by atoms with Gasteiger partial charge in [-0.15, -0.1) is 0 Å². The Morgan fingerprint density at radius 1 is 1.50 bits per heavy atom. The highest BCUT2D eigenvalue weighted by Crippen LogP contribution is 2.30. The number of nitrogens with one attached hydrogen (secondary N) is 1. The lowest BCUT2D eigenvalue weighted by molar-refractivity contribution is 0.574. The van der Waals surface area contributed by atoms with Gasteiger partial charge in [-0.1, -0.05) is 13.8 Å². The molecular weight excluding hydrogens is 214 g/mol. The molecule has 0 aliphatic heterocycles. The Morgan fingerprint density at radius 2 is 2.21 bits per heavy atom. The van der Waals surface area contributed by atoms with E-state index in [-0.39, 0.29) is 0 Å². The minimum atomic E-state index is 0.339. The molecule has 5 heteroatoms. The van der Waals surface area contributed by atoms with Gasteiger partial charge in [0.25, 0.3) is 0 Å². The van der Waals surface area contributed by atoms with Gasteiger partial charge in [0.15, 0.2) is 0 Å². The summed E-state index contributed by atoms with van der Waals surface area (Å²) in [4.78, 5) is 4.11. The van der Waals surface area contributed by atoms with Crippen molar-refractivity contribution in [3.8, 4) is 0 Å². The number of rotatable bonds is 6. The minimum Gasteiger partial charge on any atom is -0.359 e. The van der Waals surface area contributed by atoms with Crippen LogP contribution >= 0.6 is 23.3 Å². The third-order valence-corrected chi connectivity index (χ3v) is 4.85. The first kappa shape index (κ1) is 11.8. The van der Waals surface area contributed by atoms with Crippen molar-refractivity contribution in [2.24, 2.45) is 0 Å². The molecule has 0 unspecified atom stereocenters. The number of nitrogens with zero attached hydrogens (tertiary/aromatic N) is 2. The smallest absolute Gasteiger partial charge is 0.202 e. The molecule has 80 valence electrons. The van der Waals surface area contributed by atoms with E-state index < -0.39 is 0 Å². The summed E-state index contributed by atoms with van der Waals surface area (Å²) < 4.78 is 4.30. The number of thioether (sulfide) groups is 1. The monoisotopic (exact) mass is 231 g/mol. The van der Waals surface area contributed by atoms with E-state index in [1.807, 2.05) is 11.8 Å². The third kappa shape index (κ3) is 2.85. The van der Waals surface area contributed by atoms with Crippen LogP contribution in [0.2, 0.25) is 0 Å². The van der Waals surface area contributed by atoms with Gasteiger partial charge < -0.3 is 5.32 Å². The standard InChI is InChI=1S/C9H17N3S2/c1-4-9(5-2,13-3)6-10-8-11-7-12-14-8/h7H,4-6H2,1-3H3,(H,10,11,12). The second-order valence-corrected chi connectivity index (χ2v) is 5.25. The second kappa shape index (κ2) is 5.56. The molecule has 14 heavy (non-hydrogen) atoms. The fraction of sp³-hybridized carbons (Fsp3) is 0.778. The molecule has 1 N–H and O–H groups in total. The summed E-state index contributed by atoms with van der Waals surface area (Å²) in [6.07, 6.45) is 6.12. The quantitative estimate of drug-likeness (QED) is 0.817. The first-order valence-electron chi connectivity index (χ1n) is 4.82. The average Bonchev–Trinajstić information content (AvgIpc) is 2.74. The van der Waals surface area contributed by atoms with Crippen LogP contribution in [-0.2, 0) is 0 Å². The van der Waals surface area contributed by atoms with Crippen molar-refractivity contribution in [3.63, 3.8) is 0 Å². The van der Waals surface area contributed by atoms with E-state index in [1.165, 1.54) is 24.4 Å². The van der Waals surface area contributed by atoms with Crippen molar-refractivity contribution < 1.29 is 0 Å². The SMILES string of the molecule is CCC(CC)(CNc1ncns1)SC. The minimum absolute atomic E-state index is 0.339. The zero-order valence-corrected chi connectivity index (χ0v) is 10.5. The Hall–Kier alpha value is -0.290. The molecule has 0 bridgehead atoms. The molecule has 0 fully saturated rings. The van der Waals surface area contributed by atoms with Gasteiger partial charge in [0.2, 0.25) is 5.13 Å². The van der Waals surface area contributed by atoms with Gasteiger partial charge in [-0.2, -0.15) is 16.1 Å². The topological polar surface area (TPSA) is 37.8 Å². The van der Waals surface area contributed by atoms with E-state index in [0.717, 1.165) is 11.7 Å². The maximum Gasteiger partial charge on any atom is 0.202 e. The first-order valence-corrected chi connectivity index (χ1v) is 6.82. The molecule has 0 spiro atoms. The van der Waals surface area contributed by atoms with E-state index >= 15 is 0 Å². The highest BCUT2D eigenvalue weighted by Gasteiger charge is 2.24. The highest BCUT2D eigenvalue weighted by atomic mass is 32.2. The molecule has 0 aliphatic carbocycles. The van der Waals surface area contributed by atoms with Crippen LogP contribution in [0.4, 0.5) is 5.13 Å². The van der Waals surface area contributed by atoms with Crippen molar-refractivity contribution in [2.75, 3.05) is 18.1 Å². The largest absolute Gasteiger partial charge is 0.359 e. The average molecular weight is 231 g/mol. The van der Waals surface area contributed by atoms with Crippen LogP contribution in [0.3, 0.4) is 0 Å². The van der Waals surface area contributed by atoms with Crippen molar-refractivity contribution >= 4 is 28.4 Å². The van der Waals surface area contributed by atoms with E-state index in [1.54, 1.807) is 6.33 Å². The highest BCUT2D eigenvalue weighted by molar-refractivity contribution is 8.00. The lowest BCUT2D eigenvalue weighted by Gasteiger charge is -2.29. The number of hydrogen-bond acceptors (Lipinski definition) is 5. The van der Waals surface area contributed by atoms with Crippen molar-refractivity contribution in [2.45, 2.75) is 31.4 Å². The van der Waals surface area contributed by atoms with E-state index in [9.17, 15) is 0 Å². The molecule has 3 nitrogen and oxygen atoms in total. The molecule has 0 atom stereocenters. The molecular formula is C9H17N3S2. The molecule has 1 heterocycles. The molecule has 0 saturated heterocycles. The zero-order chi connectivity index (χ0) is 10.4. The van der Waals surface area contributed by atoms with E-state index in [2.05, 4.69) is 34.8 Å². The molecule has 0 amide bonds. The van der Waals surface area contributed by atoms with Gasteiger partial charge in [-0.05, 0) is 19.1 Å². The Morgan fingerprint density at radius 3 is 2.64 bits per heavy atom. The van der Waals surface area contributed by atoms with Crippen LogP contribution in [0, 0.1) is 0 Å². The Bertz CT molecular complexity index is 236. The lowest BCUT2D eigenvalue weighted by atomic mass is 10.0. The van der Waals surface area contributed by atoms with E-state index in [0.29, 0.717) is 4.75 Å². The van der Waals surface area contributed by atoms with Gasteiger partial charge in [0, 0.05) is 22.8 Å². The van der Waals surface area contributed by atoms with Crippen LogP contribution in [0.1, 0.15) is 26.7 Å². The number of hydrogen-bond donors (Lipinski definition) is 1. The fourth-order valence-corrected chi connectivity index (χ4v) is 2.57. The summed E-state index contributed by atoms with van der Waals surface area (Å²) in [6, 6.07) is 0. The summed E-state index contributed by atoms with van der Waals surface area (Å²) in [6.45, 7) is 5.44. The molecule has 0 aliphatic rings. The maximum absolute atomic E-state index is 4.11. The fourth-order valence-electron chi connectivity index (χ4n) is 1.35. The molecule has 0 aromatic carbocycles. The van der Waals surface area contributed by atoms with Crippen molar-refractivity contribution in [1.29, 1.82) is 0 Å². The zero-order valence-electron chi connectivity index (χ0n) is 8.91. The van der Waals surface area contributed by atoms with E-state index in [4.69, 9.17) is 0 Å². The summed E-state index contributed by atoms with van der Waals surface area (Å²) in [5, 5.41) is 4.26. The van der Waals surface area contributed by atoms with Gasteiger partial charge >= 0.3 is 0 Å². The molecule has 1 rings (SSSR count). The Kier molecular flexibility index (Phi) is 4.68. The molecule has 1 aromatic heterocycles. The normalized spacial score (nSPS) is 11.6. The van der Waals surface area contributed by atoms with Crippen LogP contribution in [0.5, 0.6) is 0 Å². The Labute approximate surface area is 93.9 Å². The van der Waals surface area contributed by atoms with Crippen LogP contribution in [-0.4, -0.2) is 26.9 Å². The van der Waals surface area contributed by atoms with Gasteiger partial charge in [0.05, 0.1) is 0 Å². The molecule has 0 saturated carbocycles. The predicted octanol–water partition coefficient (Wildman–Crippen LogP) is 2.87. The molecule has 0 radical (unpaired) electrons. The van der Waals surface area contributed by atoms with Gasteiger partial charge in [-0.25, -0.2) is 4.98 Å². The van der Waals surface area contributed by atoms with Gasteiger partial charge in [0.1, 0.15) is 6.33 Å². The number of aromatic nitrogens is 2. The summed E-state index contributed by atoms with van der Waals surface area (Å²) >= 11 is 3.35. The van der Waals surface area contributed by atoms with Crippen LogP contribution < -0.4 is 5.32 Å². The summed E-state index contributed by atoms with van der Waals surface area (Å²) in [7, 11) is 0. The Balaban J connectivity index is 2.48. The lowest BCUT2D eigenvalue weighted by Crippen LogP contribution is -2.31. The predicted molar refractivity (Wildman–Crippen MR) is 65.2 cm³/mol. The van der Waals surface area contributed by atoms with Crippen LogP contribution in [0.25, 0.3) is 0 Å². The third-order valence-electron chi connectivity index (χ3n) is 2.64.